The molecule has 0 saturated carbocycles. The molecular formula is C14H24N2O3S. The number of rotatable bonds is 3. The van der Waals surface area contributed by atoms with Crippen LogP contribution in [0.5, 0.6) is 0 Å². The normalized spacial score (nSPS) is 23.4. The van der Waals surface area contributed by atoms with Crippen molar-refractivity contribution >= 4 is 23.8 Å². The SMILES string of the molecule is CCC1(C(=O)O)CCN(C(=O)NC2CCSCC2)CC1. The van der Waals surface area contributed by atoms with E-state index in [4.69, 9.17) is 0 Å². The maximum atomic E-state index is 12.2. The zero-order chi connectivity index (χ0) is 14.6. The summed E-state index contributed by atoms with van der Waals surface area (Å²) in [5.74, 6) is 1.51. The second-order valence-electron chi connectivity index (χ2n) is 5.76. The van der Waals surface area contributed by atoms with Crippen LogP contribution in [0.2, 0.25) is 0 Å². The van der Waals surface area contributed by atoms with Gasteiger partial charge >= 0.3 is 12.0 Å². The lowest BCUT2D eigenvalue weighted by molar-refractivity contribution is -0.151. The van der Waals surface area contributed by atoms with Crippen LogP contribution in [0, 0.1) is 5.41 Å². The number of hydrogen-bond donors (Lipinski definition) is 2. The predicted octanol–water partition coefficient (Wildman–Crippen LogP) is 2.17. The smallest absolute Gasteiger partial charge is 0.317 e. The van der Waals surface area contributed by atoms with Gasteiger partial charge in [0.05, 0.1) is 5.41 Å². The minimum atomic E-state index is -0.718. The topological polar surface area (TPSA) is 69.6 Å². The maximum Gasteiger partial charge on any atom is 0.317 e. The third kappa shape index (κ3) is 3.40. The van der Waals surface area contributed by atoms with Crippen molar-refractivity contribution in [2.75, 3.05) is 24.6 Å². The summed E-state index contributed by atoms with van der Waals surface area (Å²) in [5.41, 5.74) is -0.627. The Morgan fingerprint density at radius 1 is 1.30 bits per heavy atom. The standard InChI is InChI=1S/C14H24N2O3S/c1-2-14(12(17)18)5-7-16(8-6-14)13(19)15-11-3-9-20-10-4-11/h11H,2-10H2,1H3,(H,15,19)(H,17,18). The highest BCUT2D eigenvalue weighted by atomic mass is 32.2. The van der Waals surface area contributed by atoms with Gasteiger partial charge in [0, 0.05) is 19.1 Å². The fourth-order valence-electron chi connectivity index (χ4n) is 2.96. The number of hydrogen-bond acceptors (Lipinski definition) is 3. The predicted molar refractivity (Wildman–Crippen MR) is 80.0 cm³/mol. The molecule has 5 nitrogen and oxygen atoms in total. The van der Waals surface area contributed by atoms with Crippen LogP contribution in [0.15, 0.2) is 0 Å². The van der Waals surface area contributed by atoms with Crippen molar-refractivity contribution in [1.82, 2.24) is 10.2 Å². The molecule has 20 heavy (non-hydrogen) atoms. The number of carboxylic acids is 1. The molecule has 2 rings (SSSR count). The van der Waals surface area contributed by atoms with E-state index in [9.17, 15) is 14.7 Å². The zero-order valence-electron chi connectivity index (χ0n) is 12.1. The molecule has 2 N–H and O–H groups in total. The van der Waals surface area contributed by atoms with Crippen LogP contribution in [-0.4, -0.2) is 52.6 Å². The molecule has 0 bridgehead atoms. The summed E-state index contributed by atoms with van der Waals surface area (Å²) >= 11 is 1.94. The summed E-state index contributed by atoms with van der Waals surface area (Å²) in [4.78, 5) is 25.4. The van der Waals surface area contributed by atoms with Gasteiger partial charge < -0.3 is 15.3 Å². The van der Waals surface area contributed by atoms with Gasteiger partial charge in [0.15, 0.2) is 0 Å². The third-order valence-corrected chi connectivity index (χ3v) is 5.74. The summed E-state index contributed by atoms with van der Waals surface area (Å²) < 4.78 is 0. The van der Waals surface area contributed by atoms with Crippen molar-refractivity contribution in [3.63, 3.8) is 0 Å². The lowest BCUT2D eigenvalue weighted by Gasteiger charge is -2.39. The van der Waals surface area contributed by atoms with E-state index in [1.807, 2.05) is 18.7 Å². The molecule has 6 heteroatoms. The van der Waals surface area contributed by atoms with E-state index in [-0.39, 0.29) is 6.03 Å². The molecule has 0 aromatic carbocycles. The highest BCUT2D eigenvalue weighted by Gasteiger charge is 2.40. The monoisotopic (exact) mass is 300 g/mol. The second kappa shape index (κ2) is 6.70. The number of aliphatic carboxylic acids is 1. The first kappa shape index (κ1) is 15.5. The first-order valence-electron chi connectivity index (χ1n) is 7.44. The van der Waals surface area contributed by atoms with E-state index in [2.05, 4.69) is 5.32 Å². The highest BCUT2D eigenvalue weighted by molar-refractivity contribution is 7.99. The first-order valence-corrected chi connectivity index (χ1v) is 8.59. The molecule has 2 fully saturated rings. The maximum absolute atomic E-state index is 12.2. The molecule has 2 aliphatic heterocycles. The van der Waals surface area contributed by atoms with Crippen LogP contribution < -0.4 is 5.32 Å². The summed E-state index contributed by atoms with van der Waals surface area (Å²) in [6.07, 6.45) is 3.84. The Balaban J connectivity index is 1.83. The van der Waals surface area contributed by atoms with Gasteiger partial charge in [0.2, 0.25) is 0 Å². The number of amides is 2. The fraction of sp³-hybridized carbons (Fsp3) is 0.857. The van der Waals surface area contributed by atoms with Gasteiger partial charge in [0.25, 0.3) is 0 Å². The van der Waals surface area contributed by atoms with Crippen LogP contribution in [0.3, 0.4) is 0 Å². The number of thioether (sulfide) groups is 1. The summed E-state index contributed by atoms with van der Waals surface area (Å²) in [6, 6.07) is 0.276. The van der Waals surface area contributed by atoms with E-state index >= 15 is 0 Å². The largest absolute Gasteiger partial charge is 0.481 e. The number of carboxylic acid groups (broad SMARTS) is 1. The third-order valence-electron chi connectivity index (χ3n) is 4.69. The first-order chi connectivity index (χ1) is 9.57. The van der Waals surface area contributed by atoms with Crippen molar-refractivity contribution in [1.29, 1.82) is 0 Å². The molecule has 0 aromatic heterocycles. The number of carbonyl (C=O) groups is 2. The number of nitrogens with zero attached hydrogens (tertiary/aromatic N) is 1. The number of likely N-dealkylation sites (tertiary alicyclic amines) is 1. The minimum absolute atomic E-state index is 0.0167. The Hall–Kier alpha value is -0.910. The van der Waals surface area contributed by atoms with Crippen molar-refractivity contribution in [2.45, 2.75) is 45.1 Å². The van der Waals surface area contributed by atoms with Crippen LogP contribution in [0.25, 0.3) is 0 Å². The Bertz CT molecular complexity index is 361. The van der Waals surface area contributed by atoms with Gasteiger partial charge in [-0.15, -0.1) is 0 Å². The molecule has 0 aromatic rings. The van der Waals surface area contributed by atoms with Crippen molar-refractivity contribution < 1.29 is 14.7 Å². The van der Waals surface area contributed by atoms with Gasteiger partial charge in [-0.2, -0.15) is 11.8 Å². The van der Waals surface area contributed by atoms with E-state index in [1.165, 1.54) is 0 Å². The lowest BCUT2D eigenvalue weighted by atomic mass is 9.76. The van der Waals surface area contributed by atoms with Crippen LogP contribution in [0.1, 0.15) is 39.0 Å². The van der Waals surface area contributed by atoms with E-state index in [0.29, 0.717) is 38.4 Å². The van der Waals surface area contributed by atoms with Crippen molar-refractivity contribution in [3.8, 4) is 0 Å². The molecule has 2 heterocycles. The molecule has 0 atom stereocenters. The van der Waals surface area contributed by atoms with Crippen molar-refractivity contribution in [2.24, 2.45) is 5.41 Å². The number of carbonyl (C=O) groups excluding carboxylic acids is 1. The number of piperidine rings is 1. The van der Waals surface area contributed by atoms with Gasteiger partial charge in [-0.1, -0.05) is 6.92 Å². The zero-order valence-corrected chi connectivity index (χ0v) is 12.9. The molecule has 114 valence electrons. The average Bonchev–Trinajstić information content (AvgIpc) is 2.48. The fourth-order valence-corrected chi connectivity index (χ4v) is 4.07. The van der Waals surface area contributed by atoms with E-state index < -0.39 is 11.4 Å². The molecule has 2 amide bonds. The molecule has 0 aliphatic carbocycles. The quantitative estimate of drug-likeness (QED) is 0.838. The molecule has 2 saturated heterocycles. The Morgan fingerprint density at radius 3 is 2.40 bits per heavy atom. The molecule has 0 radical (unpaired) electrons. The van der Waals surface area contributed by atoms with Crippen molar-refractivity contribution in [3.05, 3.63) is 0 Å². The minimum Gasteiger partial charge on any atom is -0.481 e. The van der Waals surface area contributed by atoms with Crippen LogP contribution in [0.4, 0.5) is 4.79 Å². The summed E-state index contributed by atoms with van der Waals surface area (Å²) in [5, 5.41) is 12.4. The lowest BCUT2D eigenvalue weighted by Crippen LogP contribution is -2.51. The Morgan fingerprint density at radius 2 is 1.90 bits per heavy atom. The molecular weight excluding hydrogens is 276 g/mol. The van der Waals surface area contributed by atoms with E-state index in [0.717, 1.165) is 24.3 Å². The molecule has 2 aliphatic rings. The number of urea groups is 1. The summed E-state index contributed by atoms with van der Waals surface area (Å²) in [7, 11) is 0. The van der Waals surface area contributed by atoms with Crippen LogP contribution >= 0.6 is 11.8 Å². The van der Waals surface area contributed by atoms with Gasteiger partial charge in [-0.3, -0.25) is 4.79 Å². The van der Waals surface area contributed by atoms with Crippen LogP contribution in [-0.2, 0) is 4.79 Å². The Kier molecular flexibility index (Phi) is 5.18. The second-order valence-corrected chi connectivity index (χ2v) is 6.99. The van der Waals surface area contributed by atoms with E-state index in [1.54, 1.807) is 4.90 Å². The average molecular weight is 300 g/mol. The van der Waals surface area contributed by atoms with Gasteiger partial charge in [-0.05, 0) is 43.6 Å². The highest BCUT2D eigenvalue weighted by Crippen LogP contribution is 2.35. The van der Waals surface area contributed by atoms with Gasteiger partial charge in [-0.25, -0.2) is 4.79 Å². The van der Waals surface area contributed by atoms with Gasteiger partial charge in [0.1, 0.15) is 0 Å². The molecule has 0 unspecified atom stereocenters. The number of nitrogens with one attached hydrogen (secondary N) is 1. The molecule has 0 spiro atoms. The Labute approximate surface area is 124 Å². The summed E-state index contributed by atoms with van der Waals surface area (Å²) in [6.45, 7) is 3.02.